The van der Waals surface area contributed by atoms with E-state index < -0.39 is 0 Å². The van der Waals surface area contributed by atoms with E-state index in [1.165, 1.54) is 31.2 Å². The SMILES string of the molecule is O=C(CC1CSCCN1)Nc1ccc(COC2CCCC2)cc1. The van der Waals surface area contributed by atoms with E-state index >= 15 is 0 Å². The van der Waals surface area contributed by atoms with Crippen LogP contribution in [-0.2, 0) is 16.1 Å². The molecule has 1 saturated carbocycles. The number of benzene rings is 1. The molecule has 1 aromatic rings. The molecule has 1 heterocycles. The summed E-state index contributed by atoms with van der Waals surface area (Å²) >= 11 is 1.91. The number of hydrogen-bond donors (Lipinski definition) is 2. The molecule has 23 heavy (non-hydrogen) atoms. The Morgan fingerprint density at radius 2 is 2.04 bits per heavy atom. The third kappa shape index (κ3) is 5.52. The third-order valence-corrected chi connectivity index (χ3v) is 5.59. The standard InChI is InChI=1S/C18H26N2O2S/c21-18(11-16-13-23-10-9-19-16)20-15-7-5-14(6-8-15)12-22-17-3-1-2-4-17/h5-8,16-17,19H,1-4,9-13H2,(H,20,21). The topological polar surface area (TPSA) is 50.4 Å². The fourth-order valence-corrected chi connectivity index (χ4v) is 4.09. The number of carbonyl (C=O) groups is 1. The van der Waals surface area contributed by atoms with Gasteiger partial charge in [0, 0.05) is 36.2 Å². The number of amides is 1. The molecule has 1 amide bonds. The van der Waals surface area contributed by atoms with Gasteiger partial charge in [-0.1, -0.05) is 25.0 Å². The van der Waals surface area contributed by atoms with Crippen molar-refractivity contribution in [3.8, 4) is 0 Å². The first kappa shape index (κ1) is 16.8. The van der Waals surface area contributed by atoms with E-state index in [1.807, 2.05) is 36.0 Å². The lowest BCUT2D eigenvalue weighted by molar-refractivity contribution is -0.116. The zero-order valence-corrected chi connectivity index (χ0v) is 14.4. The summed E-state index contributed by atoms with van der Waals surface area (Å²) in [6, 6.07) is 8.31. The highest BCUT2D eigenvalue weighted by molar-refractivity contribution is 7.99. The zero-order chi connectivity index (χ0) is 15.9. The van der Waals surface area contributed by atoms with Crippen LogP contribution in [0.15, 0.2) is 24.3 Å². The van der Waals surface area contributed by atoms with Crippen LogP contribution in [0.4, 0.5) is 5.69 Å². The minimum atomic E-state index is 0.0833. The first-order valence-corrected chi connectivity index (χ1v) is 9.76. The van der Waals surface area contributed by atoms with Crippen LogP contribution in [0, 0.1) is 0 Å². The first-order valence-electron chi connectivity index (χ1n) is 8.61. The largest absolute Gasteiger partial charge is 0.374 e. The second-order valence-electron chi connectivity index (χ2n) is 6.39. The molecular formula is C18H26N2O2S. The van der Waals surface area contributed by atoms with Crippen molar-refractivity contribution in [2.75, 3.05) is 23.4 Å². The zero-order valence-electron chi connectivity index (χ0n) is 13.6. The molecule has 1 aliphatic carbocycles. The van der Waals surface area contributed by atoms with E-state index in [-0.39, 0.29) is 5.91 Å². The average Bonchev–Trinajstić information content (AvgIpc) is 3.08. The van der Waals surface area contributed by atoms with E-state index in [0.717, 1.165) is 23.7 Å². The van der Waals surface area contributed by atoms with Crippen LogP contribution >= 0.6 is 11.8 Å². The highest BCUT2D eigenvalue weighted by atomic mass is 32.2. The third-order valence-electron chi connectivity index (χ3n) is 4.46. The molecule has 0 spiro atoms. The van der Waals surface area contributed by atoms with Gasteiger partial charge < -0.3 is 15.4 Å². The quantitative estimate of drug-likeness (QED) is 0.839. The molecule has 2 N–H and O–H groups in total. The van der Waals surface area contributed by atoms with Crippen molar-refractivity contribution in [1.29, 1.82) is 0 Å². The Balaban J connectivity index is 1.42. The molecular weight excluding hydrogens is 308 g/mol. The van der Waals surface area contributed by atoms with Crippen molar-refractivity contribution in [3.63, 3.8) is 0 Å². The van der Waals surface area contributed by atoms with Crippen molar-refractivity contribution in [2.24, 2.45) is 0 Å². The Kier molecular flexibility index (Phi) is 6.37. The highest BCUT2D eigenvalue weighted by Crippen LogP contribution is 2.22. The van der Waals surface area contributed by atoms with E-state index in [0.29, 0.717) is 25.2 Å². The van der Waals surface area contributed by atoms with Crippen LogP contribution in [0.25, 0.3) is 0 Å². The molecule has 1 unspecified atom stereocenters. The smallest absolute Gasteiger partial charge is 0.225 e. The van der Waals surface area contributed by atoms with Crippen molar-refractivity contribution >= 4 is 23.4 Å². The highest BCUT2D eigenvalue weighted by Gasteiger charge is 2.17. The minimum absolute atomic E-state index is 0.0833. The molecule has 3 rings (SSSR count). The van der Waals surface area contributed by atoms with Crippen molar-refractivity contribution in [1.82, 2.24) is 5.32 Å². The maximum Gasteiger partial charge on any atom is 0.225 e. The van der Waals surface area contributed by atoms with Crippen molar-refractivity contribution < 1.29 is 9.53 Å². The van der Waals surface area contributed by atoms with Gasteiger partial charge in [-0.25, -0.2) is 0 Å². The summed E-state index contributed by atoms with van der Waals surface area (Å²) in [6.07, 6.45) is 5.96. The number of nitrogens with one attached hydrogen (secondary N) is 2. The fourth-order valence-electron chi connectivity index (χ4n) is 3.14. The van der Waals surface area contributed by atoms with Gasteiger partial charge in [0.05, 0.1) is 12.7 Å². The maximum absolute atomic E-state index is 12.1. The van der Waals surface area contributed by atoms with Gasteiger partial charge in [0.1, 0.15) is 0 Å². The van der Waals surface area contributed by atoms with Crippen molar-refractivity contribution in [3.05, 3.63) is 29.8 Å². The van der Waals surface area contributed by atoms with Crippen LogP contribution in [0.5, 0.6) is 0 Å². The summed E-state index contributed by atoms with van der Waals surface area (Å²) in [4.78, 5) is 12.1. The Bertz CT molecular complexity index is 494. The minimum Gasteiger partial charge on any atom is -0.374 e. The molecule has 2 fully saturated rings. The average molecular weight is 334 g/mol. The van der Waals surface area contributed by atoms with Crippen LogP contribution in [-0.4, -0.2) is 36.1 Å². The van der Waals surface area contributed by atoms with Gasteiger partial charge in [-0.2, -0.15) is 11.8 Å². The Morgan fingerprint density at radius 1 is 1.26 bits per heavy atom. The van der Waals surface area contributed by atoms with Crippen LogP contribution < -0.4 is 10.6 Å². The summed E-state index contributed by atoms with van der Waals surface area (Å²) in [7, 11) is 0. The lowest BCUT2D eigenvalue weighted by Crippen LogP contribution is -2.39. The first-order chi connectivity index (χ1) is 11.3. The second-order valence-corrected chi connectivity index (χ2v) is 7.54. The molecule has 1 aromatic carbocycles. The Labute approximate surface area is 142 Å². The molecule has 1 aliphatic heterocycles. The lowest BCUT2D eigenvalue weighted by Gasteiger charge is -2.22. The van der Waals surface area contributed by atoms with Gasteiger partial charge in [0.25, 0.3) is 0 Å². The van der Waals surface area contributed by atoms with E-state index in [9.17, 15) is 4.79 Å². The summed E-state index contributed by atoms with van der Waals surface area (Å²) in [6.45, 7) is 1.67. The lowest BCUT2D eigenvalue weighted by atomic mass is 10.2. The molecule has 1 atom stereocenters. The summed E-state index contributed by atoms with van der Waals surface area (Å²) in [5, 5.41) is 6.37. The van der Waals surface area contributed by atoms with Crippen LogP contribution in [0.2, 0.25) is 0 Å². The normalized spacial score (nSPS) is 22.2. The monoisotopic (exact) mass is 334 g/mol. The Hall–Kier alpha value is -1.04. The summed E-state index contributed by atoms with van der Waals surface area (Å²) < 4.78 is 5.91. The number of hydrogen-bond acceptors (Lipinski definition) is 4. The molecule has 1 saturated heterocycles. The van der Waals surface area contributed by atoms with Crippen LogP contribution in [0.1, 0.15) is 37.7 Å². The van der Waals surface area contributed by atoms with E-state index in [2.05, 4.69) is 10.6 Å². The van der Waals surface area contributed by atoms with Gasteiger partial charge in [0.15, 0.2) is 0 Å². The van der Waals surface area contributed by atoms with Crippen molar-refractivity contribution in [2.45, 2.75) is 50.9 Å². The molecule has 5 heteroatoms. The molecule has 0 aromatic heterocycles. The van der Waals surface area contributed by atoms with Gasteiger partial charge in [-0.15, -0.1) is 0 Å². The van der Waals surface area contributed by atoms with E-state index in [4.69, 9.17) is 4.74 Å². The number of carbonyl (C=O) groups excluding carboxylic acids is 1. The Morgan fingerprint density at radius 3 is 2.74 bits per heavy atom. The maximum atomic E-state index is 12.1. The number of rotatable bonds is 6. The van der Waals surface area contributed by atoms with Gasteiger partial charge in [-0.3, -0.25) is 4.79 Å². The molecule has 0 bridgehead atoms. The van der Waals surface area contributed by atoms with Gasteiger partial charge >= 0.3 is 0 Å². The predicted molar refractivity (Wildman–Crippen MR) is 95.8 cm³/mol. The number of anilines is 1. The molecule has 2 aliphatic rings. The van der Waals surface area contributed by atoms with Gasteiger partial charge in [-0.05, 0) is 30.5 Å². The summed E-state index contributed by atoms with van der Waals surface area (Å²) in [5.41, 5.74) is 2.03. The molecule has 4 nitrogen and oxygen atoms in total. The number of thioether (sulfide) groups is 1. The van der Waals surface area contributed by atoms with Crippen LogP contribution in [0.3, 0.4) is 0 Å². The molecule has 0 radical (unpaired) electrons. The van der Waals surface area contributed by atoms with Gasteiger partial charge in [0.2, 0.25) is 5.91 Å². The predicted octanol–water partition coefficient (Wildman–Crippen LogP) is 3.18. The fraction of sp³-hybridized carbons (Fsp3) is 0.611. The number of ether oxygens (including phenoxy) is 1. The molecule has 126 valence electrons. The van der Waals surface area contributed by atoms with E-state index in [1.54, 1.807) is 0 Å². The second kappa shape index (κ2) is 8.71. The summed E-state index contributed by atoms with van der Waals surface area (Å²) in [5.74, 6) is 2.24.